The van der Waals surface area contributed by atoms with E-state index < -0.39 is 0 Å². The van der Waals surface area contributed by atoms with Crippen molar-refractivity contribution in [3.63, 3.8) is 0 Å². The smallest absolute Gasteiger partial charge is 0.0556 e. The number of aliphatic hydroxyl groups is 2. The molecule has 0 amide bonds. The van der Waals surface area contributed by atoms with Crippen LogP contribution in [0.3, 0.4) is 0 Å². The summed E-state index contributed by atoms with van der Waals surface area (Å²) in [5.41, 5.74) is 8.57. The monoisotopic (exact) mass is 528 g/mol. The molecular formula is C30H50N2NiO2. The maximum atomic E-state index is 8.77. The SMILES string of the molecule is CCCc1ccc(CNCCO)c(CCC)c1.CCCc1ccc(CNCCO)c(CCC)c1.[Ni]. The molecule has 35 heavy (non-hydrogen) atoms. The zero-order valence-corrected chi connectivity index (χ0v) is 23.6. The Morgan fingerprint density at radius 3 is 1.23 bits per heavy atom. The fourth-order valence-electron chi connectivity index (χ4n) is 4.20. The molecule has 0 aliphatic carbocycles. The average Bonchev–Trinajstić information content (AvgIpc) is 2.83. The van der Waals surface area contributed by atoms with Crippen LogP contribution in [0.4, 0.5) is 0 Å². The van der Waals surface area contributed by atoms with Crippen LogP contribution in [0.2, 0.25) is 0 Å². The largest absolute Gasteiger partial charge is 0.395 e. The number of hydrogen-bond acceptors (Lipinski definition) is 4. The summed E-state index contributed by atoms with van der Waals surface area (Å²) in [5.74, 6) is 0. The summed E-state index contributed by atoms with van der Waals surface area (Å²) in [6.45, 7) is 12.4. The molecule has 2 aromatic carbocycles. The molecular weight excluding hydrogens is 479 g/mol. The Bertz CT molecular complexity index is 717. The van der Waals surface area contributed by atoms with Crippen molar-refractivity contribution in [2.75, 3.05) is 26.3 Å². The Hall–Kier alpha value is -1.23. The third kappa shape index (κ3) is 14.2. The van der Waals surface area contributed by atoms with Gasteiger partial charge in [-0.3, -0.25) is 0 Å². The van der Waals surface area contributed by atoms with Gasteiger partial charge in [0.1, 0.15) is 0 Å². The van der Waals surface area contributed by atoms with Crippen LogP contribution < -0.4 is 10.6 Å². The number of rotatable bonds is 16. The van der Waals surface area contributed by atoms with Crippen LogP contribution in [0.5, 0.6) is 0 Å². The van der Waals surface area contributed by atoms with Crippen LogP contribution >= 0.6 is 0 Å². The first-order valence-electron chi connectivity index (χ1n) is 13.5. The van der Waals surface area contributed by atoms with E-state index in [9.17, 15) is 0 Å². The molecule has 5 heteroatoms. The normalized spacial score (nSPS) is 10.5. The fourth-order valence-corrected chi connectivity index (χ4v) is 4.20. The van der Waals surface area contributed by atoms with Gasteiger partial charge < -0.3 is 20.8 Å². The quantitative estimate of drug-likeness (QED) is 0.175. The molecule has 2 rings (SSSR count). The van der Waals surface area contributed by atoms with E-state index in [4.69, 9.17) is 10.2 Å². The van der Waals surface area contributed by atoms with E-state index in [-0.39, 0.29) is 29.7 Å². The van der Waals surface area contributed by atoms with Gasteiger partial charge >= 0.3 is 0 Å². The van der Waals surface area contributed by atoms with Gasteiger partial charge in [-0.25, -0.2) is 0 Å². The van der Waals surface area contributed by atoms with E-state index in [2.05, 4.69) is 74.7 Å². The minimum absolute atomic E-state index is 0. The van der Waals surface area contributed by atoms with Gasteiger partial charge in [0.25, 0.3) is 0 Å². The predicted molar refractivity (Wildman–Crippen MR) is 146 cm³/mol. The van der Waals surface area contributed by atoms with Gasteiger partial charge in [-0.1, -0.05) is 89.8 Å². The summed E-state index contributed by atoms with van der Waals surface area (Å²) in [6, 6.07) is 13.6. The molecule has 0 aliphatic heterocycles. The van der Waals surface area contributed by atoms with Crippen molar-refractivity contribution in [3.05, 3.63) is 69.8 Å². The first kappa shape index (κ1) is 33.8. The second-order valence-electron chi connectivity index (χ2n) is 9.01. The van der Waals surface area contributed by atoms with Crippen LogP contribution in [-0.2, 0) is 55.3 Å². The Balaban J connectivity index is 0.000000642. The minimum Gasteiger partial charge on any atom is -0.395 e. The van der Waals surface area contributed by atoms with Crippen LogP contribution in [0.15, 0.2) is 36.4 Å². The summed E-state index contributed by atoms with van der Waals surface area (Å²) < 4.78 is 0. The van der Waals surface area contributed by atoms with Crippen molar-refractivity contribution in [1.82, 2.24) is 10.6 Å². The summed E-state index contributed by atoms with van der Waals surface area (Å²) in [5, 5.41) is 24.0. The van der Waals surface area contributed by atoms with Gasteiger partial charge in [0, 0.05) is 42.7 Å². The van der Waals surface area contributed by atoms with Crippen LogP contribution in [-0.4, -0.2) is 36.5 Å². The van der Waals surface area contributed by atoms with Crippen molar-refractivity contribution >= 4 is 0 Å². The molecule has 4 N–H and O–H groups in total. The van der Waals surface area contributed by atoms with Gasteiger partial charge in [-0.15, -0.1) is 0 Å². The summed E-state index contributed by atoms with van der Waals surface area (Å²) in [7, 11) is 0. The molecule has 0 fully saturated rings. The molecule has 0 aliphatic rings. The molecule has 0 spiro atoms. The molecule has 202 valence electrons. The van der Waals surface area contributed by atoms with Gasteiger partial charge in [0.05, 0.1) is 13.2 Å². The summed E-state index contributed by atoms with van der Waals surface area (Å²) >= 11 is 0. The summed E-state index contributed by atoms with van der Waals surface area (Å²) in [4.78, 5) is 0. The zero-order chi connectivity index (χ0) is 25.0. The van der Waals surface area contributed by atoms with E-state index in [1.54, 1.807) is 0 Å². The predicted octanol–water partition coefficient (Wildman–Crippen LogP) is 5.34. The first-order valence-corrected chi connectivity index (χ1v) is 13.5. The molecule has 0 unspecified atom stereocenters. The van der Waals surface area contributed by atoms with Crippen molar-refractivity contribution in [2.24, 2.45) is 0 Å². The molecule has 2 aromatic rings. The van der Waals surface area contributed by atoms with Gasteiger partial charge in [0.2, 0.25) is 0 Å². The average molecular weight is 529 g/mol. The van der Waals surface area contributed by atoms with E-state index >= 15 is 0 Å². The van der Waals surface area contributed by atoms with Gasteiger partial charge in [0.15, 0.2) is 0 Å². The Labute approximate surface area is 225 Å². The molecule has 0 saturated heterocycles. The number of aryl methyl sites for hydroxylation is 4. The second kappa shape index (κ2) is 22.0. The molecule has 4 nitrogen and oxygen atoms in total. The van der Waals surface area contributed by atoms with Crippen molar-refractivity contribution in [2.45, 2.75) is 92.2 Å². The number of hydrogen-bond donors (Lipinski definition) is 4. The molecule has 0 aromatic heterocycles. The molecule has 0 bridgehead atoms. The minimum atomic E-state index is 0. The second-order valence-corrected chi connectivity index (χ2v) is 9.01. The Morgan fingerprint density at radius 2 is 0.914 bits per heavy atom. The van der Waals surface area contributed by atoms with Crippen molar-refractivity contribution in [1.29, 1.82) is 0 Å². The summed E-state index contributed by atoms with van der Waals surface area (Å²) in [6.07, 6.45) is 9.40. The van der Waals surface area contributed by atoms with Crippen LogP contribution in [0, 0.1) is 0 Å². The standard InChI is InChI=1S/2C15H25NO.Ni/c2*1-3-5-13-7-8-15(12-16-9-10-17)14(11-13)6-4-2;/h2*7-8,11,16-17H,3-6,9-10,12H2,1-2H3;. The zero-order valence-electron chi connectivity index (χ0n) is 22.6. The van der Waals surface area contributed by atoms with Gasteiger partial charge in [-0.2, -0.15) is 0 Å². The van der Waals surface area contributed by atoms with E-state index in [0.29, 0.717) is 13.1 Å². The number of aliphatic hydroxyl groups excluding tert-OH is 2. The first-order chi connectivity index (χ1) is 16.6. The van der Waals surface area contributed by atoms with E-state index in [1.165, 1.54) is 71.9 Å². The molecule has 0 radical (unpaired) electrons. The van der Waals surface area contributed by atoms with Crippen molar-refractivity contribution < 1.29 is 26.7 Å². The third-order valence-corrected chi connectivity index (χ3v) is 5.87. The Kier molecular flexibility index (Phi) is 21.2. The number of benzene rings is 2. The molecule has 0 heterocycles. The topological polar surface area (TPSA) is 64.5 Å². The van der Waals surface area contributed by atoms with Crippen LogP contribution in [0.25, 0.3) is 0 Å². The van der Waals surface area contributed by atoms with Crippen molar-refractivity contribution in [3.8, 4) is 0 Å². The fraction of sp³-hybridized carbons (Fsp3) is 0.600. The maximum absolute atomic E-state index is 8.77. The molecule has 0 atom stereocenters. The van der Waals surface area contributed by atoms with Crippen LogP contribution in [0.1, 0.15) is 86.8 Å². The maximum Gasteiger partial charge on any atom is 0.0556 e. The van der Waals surface area contributed by atoms with E-state index in [1.807, 2.05) is 0 Å². The number of nitrogens with one attached hydrogen (secondary N) is 2. The van der Waals surface area contributed by atoms with E-state index in [0.717, 1.165) is 25.9 Å². The Morgan fingerprint density at radius 1 is 0.543 bits per heavy atom. The van der Waals surface area contributed by atoms with Gasteiger partial charge in [-0.05, 0) is 59.1 Å². The molecule has 0 saturated carbocycles. The third-order valence-electron chi connectivity index (χ3n) is 5.87.